The van der Waals surface area contributed by atoms with Crippen LogP contribution >= 0.6 is 0 Å². The van der Waals surface area contributed by atoms with Crippen LogP contribution in [-0.2, 0) is 5.41 Å². The minimum Gasteiger partial charge on any atom is -0.456 e. The first kappa shape index (κ1) is 62.5. The first-order chi connectivity index (χ1) is 52.2. The Kier molecular flexibility index (Phi) is 14.9. The average Bonchev–Trinajstić information content (AvgIpc) is 0.754. The van der Waals surface area contributed by atoms with Gasteiger partial charge in [-0.2, -0.15) is 0 Å². The van der Waals surface area contributed by atoms with E-state index in [2.05, 4.69) is 407 Å². The van der Waals surface area contributed by atoms with E-state index >= 15 is 0 Å². The molecule has 106 heavy (non-hydrogen) atoms. The summed E-state index contributed by atoms with van der Waals surface area (Å²) in [6.45, 7) is 6.90. The molecular weight excluding hydrogens is 1280 g/mol. The topological polar surface area (TPSA) is 19.6 Å². The van der Waals surface area contributed by atoms with Crippen LogP contribution in [0.2, 0.25) is 0 Å². The van der Waals surface area contributed by atoms with Crippen LogP contribution in [0.15, 0.2) is 381 Å². The van der Waals surface area contributed by atoms with Crippen molar-refractivity contribution in [2.24, 2.45) is 0 Å². The molecular formula is C102H71BN2O. The van der Waals surface area contributed by atoms with E-state index in [1.165, 1.54) is 60.2 Å². The molecule has 0 fully saturated rings. The number of furan rings is 1. The smallest absolute Gasteiger partial charge is 0.252 e. The van der Waals surface area contributed by atoms with E-state index in [0.717, 1.165) is 140 Å². The SMILES string of the molecule is CC(C)(C)c1cc2c3c(c1)N(c1c(-c4ccccc4)cc(-c4ccccc4)cc1-c1ccccc1)c1cc(-c4c5ccccc5c(-c5ccccc5)c5ccccc45)ccc1B3c1ccc(-c3ccc4c(c3)oc3ccccc34)cc1N2c1c(-c2ccccc2)cc(-c2ccccc2)cc1-c1ccccc1. The summed E-state index contributed by atoms with van der Waals surface area (Å²) < 4.78 is 6.73. The van der Waals surface area contributed by atoms with Gasteiger partial charge in [-0.1, -0.05) is 330 Å². The fourth-order valence-corrected chi connectivity index (χ4v) is 17.2. The second-order valence-corrected chi connectivity index (χ2v) is 29.4. The van der Waals surface area contributed by atoms with Gasteiger partial charge in [0, 0.05) is 55.8 Å². The summed E-state index contributed by atoms with van der Waals surface area (Å²) in [4.78, 5) is 5.42. The van der Waals surface area contributed by atoms with Crippen molar-refractivity contribution in [3.63, 3.8) is 0 Å². The predicted molar refractivity (Wildman–Crippen MR) is 450 cm³/mol. The maximum Gasteiger partial charge on any atom is 0.252 e. The van der Waals surface area contributed by atoms with Gasteiger partial charge in [-0.05, 0) is 194 Å². The van der Waals surface area contributed by atoms with E-state index in [-0.39, 0.29) is 12.1 Å². The molecule has 0 amide bonds. The molecule has 1 aromatic heterocycles. The molecule has 0 spiro atoms. The van der Waals surface area contributed by atoms with Gasteiger partial charge in [0.1, 0.15) is 11.2 Å². The first-order valence-electron chi connectivity index (χ1n) is 36.9. The van der Waals surface area contributed by atoms with Crippen molar-refractivity contribution in [3.05, 3.63) is 382 Å². The second kappa shape index (κ2) is 25.3. The normalized spacial score (nSPS) is 12.4. The van der Waals surface area contributed by atoms with E-state index in [9.17, 15) is 0 Å². The molecule has 0 bridgehead atoms. The van der Waals surface area contributed by atoms with Crippen molar-refractivity contribution in [2.75, 3.05) is 9.80 Å². The van der Waals surface area contributed by atoms with Gasteiger partial charge in [0.2, 0.25) is 0 Å². The lowest BCUT2D eigenvalue weighted by molar-refractivity contribution is 0.590. The third kappa shape index (κ3) is 10.4. The monoisotopic (exact) mass is 1350 g/mol. The molecule has 0 atom stereocenters. The Balaban J connectivity index is 0.955. The zero-order valence-electron chi connectivity index (χ0n) is 59.2. The summed E-state index contributed by atoms with van der Waals surface area (Å²) in [5.74, 6) is 0. The molecule has 2 aliphatic rings. The first-order valence-corrected chi connectivity index (χ1v) is 36.9. The van der Waals surface area contributed by atoms with Gasteiger partial charge >= 0.3 is 0 Å². The Labute approximate surface area is 618 Å². The van der Waals surface area contributed by atoms with Gasteiger partial charge in [0.05, 0.1) is 11.4 Å². The van der Waals surface area contributed by atoms with Crippen LogP contribution in [0, 0.1) is 0 Å². The van der Waals surface area contributed by atoms with E-state index in [1.54, 1.807) is 0 Å². The zero-order chi connectivity index (χ0) is 70.6. The summed E-state index contributed by atoms with van der Waals surface area (Å²) in [6.07, 6.45) is 0. The molecule has 20 rings (SSSR count). The zero-order valence-corrected chi connectivity index (χ0v) is 59.2. The molecule has 3 heterocycles. The van der Waals surface area contributed by atoms with Crippen LogP contribution in [-0.4, -0.2) is 6.71 Å². The molecule has 0 saturated carbocycles. The van der Waals surface area contributed by atoms with Gasteiger partial charge in [-0.25, -0.2) is 0 Å². The number of fused-ring (bicyclic) bond motifs is 9. The van der Waals surface area contributed by atoms with Gasteiger partial charge in [0.15, 0.2) is 0 Å². The van der Waals surface area contributed by atoms with E-state index in [0.29, 0.717) is 0 Å². The molecule has 17 aromatic carbocycles. The van der Waals surface area contributed by atoms with E-state index in [4.69, 9.17) is 4.42 Å². The molecule has 0 unspecified atom stereocenters. The summed E-state index contributed by atoms with van der Waals surface area (Å²) in [6, 6.07) is 140. The Bertz CT molecular complexity index is 6290. The summed E-state index contributed by atoms with van der Waals surface area (Å²) in [5, 5.41) is 7.06. The molecule has 4 heteroatoms. The molecule has 18 aromatic rings. The molecule has 3 nitrogen and oxygen atoms in total. The number of anilines is 6. The van der Waals surface area contributed by atoms with Gasteiger partial charge in [-0.3, -0.25) is 0 Å². The van der Waals surface area contributed by atoms with Crippen LogP contribution in [0.25, 0.3) is 144 Å². The molecule has 2 aliphatic heterocycles. The largest absolute Gasteiger partial charge is 0.456 e. The number of para-hydroxylation sites is 1. The average molecular weight is 1350 g/mol. The van der Waals surface area contributed by atoms with Crippen LogP contribution in [0.5, 0.6) is 0 Å². The number of hydrogen-bond donors (Lipinski definition) is 0. The highest BCUT2D eigenvalue weighted by Crippen LogP contribution is 2.56. The fraction of sp³-hybridized carbons (Fsp3) is 0.0392. The Morgan fingerprint density at radius 1 is 0.236 bits per heavy atom. The lowest BCUT2D eigenvalue weighted by atomic mass is 9.33. The lowest BCUT2D eigenvalue weighted by Crippen LogP contribution is -2.61. The third-order valence-corrected chi connectivity index (χ3v) is 22.2. The summed E-state index contributed by atoms with van der Waals surface area (Å²) in [7, 11) is 0. The van der Waals surface area contributed by atoms with Crippen LogP contribution in [0.3, 0.4) is 0 Å². The van der Waals surface area contributed by atoms with Crippen LogP contribution in [0.4, 0.5) is 34.1 Å². The molecule has 0 radical (unpaired) electrons. The minimum atomic E-state index is -0.355. The van der Waals surface area contributed by atoms with E-state index in [1.807, 2.05) is 0 Å². The highest BCUT2D eigenvalue weighted by Gasteiger charge is 2.46. The van der Waals surface area contributed by atoms with Gasteiger partial charge in [-0.15, -0.1) is 0 Å². The van der Waals surface area contributed by atoms with Crippen molar-refractivity contribution in [1.82, 2.24) is 0 Å². The van der Waals surface area contributed by atoms with Crippen molar-refractivity contribution >= 4 is 101 Å². The van der Waals surface area contributed by atoms with E-state index < -0.39 is 0 Å². The Hall–Kier alpha value is -13.3. The predicted octanol–water partition coefficient (Wildman–Crippen LogP) is 26.3. The van der Waals surface area contributed by atoms with Crippen LogP contribution < -0.4 is 26.2 Å². The summed E-state index contributed by atoms with van der Waals surface area (Å²) in [5.41, 5.74) is 33.5. The Morgan fingerprint density at radius 2 is 0.557 bits per heavy atom. The molecule has 0 N–H and O–H groups in total. The molecule has 0 aliphatic carbocycles. The fourth-order valence-electron chi connectivity index (χ4n) is 17.2. The highest BCUT2D eigenvalue weighted by molar-refractivity contribution is 7.00. The number of hydrogen-bond acceptors (Lipinski definition) is 3. The quantitative estimate of drug-likeness (QED) is 0.0950. The van der Waals surface area contributed by atoms with Crippen molar-refractivity contribution in [1.29, 1.82) is 0 Å². The van der Waals surface area contributed by atoms with Crippen molar-refractivity contribution in [3.8, 4) is 100 Å². The van der Waals surface area contributed by atoms with Gasteiger partial charge in [0.25, 0.3) is 6.71 Å². The maximum atomic E-state index is 6.73. The molecule has 0 saturated heterocycles. The number of benzene rings is 17. The maximum absolute atomic E-state index is 6.73. The highest BCUT2D eigenvalue weighted by atomic mass is 16.3. The Morgan fingerprint density at radius 3 is 0.972 bits per heavy atom. The van der Waals surface area contributed by atoms with Gasteiger partial charge < -0.3 is 14.2 Å². The van der Waals surface area contributed by atoms with Crippen LogP contribution in [0.1, 0.15) is 26.3 Å². The molecule has 498 valence electrons. The minimum absolute atomic E-state index is 0.265. The number of nitrogens with zero attached hydrogens (tertiary/aromatic N) is 2. The number of rotatable bonds is 11. The van der Waals surface area contributed by atoms with Crippen molar-refractivity contribution in [2.45, 2.75) is 26.2 Å². The summed E-state index contributed by atoms with van der Waals surface area (Å²) >= 11 is 0. The lowest BCUT2D eigenvalue weighted by Gasteiger charge is -2.46. The second-order valence-electron chi connectivity index (χ2n) is 29.4. The standard InChI is InChI=1S/C102H71BN2O/c1-102(2,3)78-64-93-99-94(65-78)105(101-87(70-39-19-8-20-40-70)59-77(67-33-13-5-14-34-67)60-88(101)71-41-21-9-22-42-71)92-62-75(98-83-48-27-25-46-81(83)97(72-43-23-10-24-44-72)82-47-26-28-49-84(82)98)53-56-90(92)103(99)89-55-52-73(74-51-54-80-79-45-29-30-50-95(79)106-96(80)63-74)61-91(89)104(93)100-85(68-35-15-6-16-36-68)57-76(66-31-11-4-12-32-66)58-86(100)69-37-17-7-18-38-69/h4-65H,1-3H3. The van der Waals surface area contributed by atoms with Crippen molar-refractivity contribution < 1.29 is 4.42 Å². The third-order valence-electron chi connectivity index (χ3n) is 22.2.